The van der Waals surface area contributed by atoms with E-state index in [2.05, 4.69) is 26.2 Å². The molecule has 0 bridgehead atoms. The van der Waals surface area contributed by atoms with Gasteiger partial charge in [0.2, 0.25) is 5.56 Å². The van der Waals surface area contributed by atoms with Gasteiger partial charge in [0.05, 0.1) is 12.6 Å². The maximum atomic E-state index is 11.8. The molecule has 0 aromatic carbocycles. The quantitative estimate of drug-likeness (QED) is 0.767. The topological polar surface area (TPSA) is 71.2 Å². The molecule has 0 saturated heterocycles. The van der Waals surface area contributed by atoms with Crippen molar-refractivity contribution in [3.63, 3.8) is 0 Å². The molecule has 0 fully saturated rings. The summed E-state index contributed by atoms with van der Waals surface area (Å²) in [6.07, 6.45) is 2.22. The van der Waals surface area contributed by atoms with E-state index in [4.69, 9.17) is 4.74 Å². The highest BCUT2D eigenvalue weighted by Crippen LogP contribution is 2.00. The number of hydrogen-bond acceptors (Lipinski definition) is 3. The summed E-state index contributed by atoms with van der Waals surface area (Å²) < 4.78 is 5.01. The minimum atomic E-state index is -0.290. The summed E-state index contributed by atoms with van der Waals surface area (Å²) in [6.45, 7) is 0.445. The van der Waals surface area contributed by atoms with Crippen LogP contribution in [0, 0.1) is 0 Å². The number of methoxy groups -OCH3 is 1. The first-order valence-electron chi connectivity index (χ1n) is 5.22. The highest BCUT2D eigenvalue weighted by Gasteiger charge is 2.13. The van der Waals surface area contributed by atoms with E-state index in [1.807, 2.05) is 0 Å². The molecule has 1 unspecified atom stereocenters. The number of halogens is 1. The Kier molecular flexibility index (Phi) is 5.93. The molecule has 17 heavy (non-hydrogen) atoms. The van der Waals surface area contributed by atoms with Gasteiger partial charge in [-0.05, 0) is 12.5 Å². The zero-order chi connectivity index (χ0) is 12.7. The lowest BCUT2D eigenvalue weighted by Crippen LogP contribution is -2.38. The van der Waals surface area contributed by atoms with Crippen LogP contribution in [0.4, 0.5) is 0 Å². The number of H-pyrrole nitrogens is 1. The van der Waals surface area contributed by atoms with E-state index in [0.29, 0.717) is 12.2 Å². The second kappa shape index (κ2) is 7.24. The van der Waals surface area contributed by atoms with E-state index in [0.717, 1.165) is 11.8 Å². The summed E-state index contributed by atoms with van der Waals surface area (Å²) >= 11 is 3.32. The Balaban J connectivity index is 2.66. The van der Waals surface area contributed by atoms with Gasteiger partial charge >= 0.3 is 0 Å². The number of amides is 1. The number of rotatable bonds is 6. The lowest BCUT2D eigenvalue weighted by Gasteiger charge is -2.16. The molecule has 1 aromatic heterocycles. The fourth-order valence-electron chi connectivity index (χ4n) is 1.38. The summed E-state index contributed by atoms with van der Waals surface area (Å²) in [6, 6.07) is 2.77. The van der Waals surface area contributed by atoms with Crippen molar-refractivity contribution in [2.45, 2.75) is 12.5 Å². The average molecular weight is 303 g/mol. The first-order valence-corrected chi connectivity index (χ1v) is 6.34. The molecule has 1 heterocycles. The van der Waals surface area contributed by atoms with Crippen LogP contribution in [-0.2, 0) is 4.74 Å². The summed E-state index contributed by atoms with van der Waals surface area (Å²) in [5, 5.41) is 3.59. The Morgan fingerprint density at radius 1 is 1.65 bits per heavy atom. The van der Waals surface area contributed by atoms with Crippen LogP contribution in [0.25, 0.3) is 0 Å². The molecular weight excluding hydrogens is 288 g/mol. The SMILES string of the molecule is COCC(CCBr)NC(=O)c1cc[nH]c(=O)c1. The fourth-order valence-corrected chi connectivity index (χ4v) is 1.94. The van der Waals surface area contributed by atoms with Crippen molar-refractivity contribution in [2.75, 3.05) is 19.0 Å². The first-order chi connectivity index (χ1) is 8.17. The molecule has 1 rings (SSSR count). The Bertz CT molecular complexity index is 413. The molecule has 0 aliphatic carbocycles. The van der Waals surface area contributed by atoms with E-state index in [9.17, 15) is 9.59 Å². The van der Waals surface area contributed by atoms with Gasteiger partial charge in [0.25, 0.3) is 5.91 Å². The molecule has 1 aromatic rings. The number of nitrogens with one attached hydrogen (secondary N) is 2. The maximum Gasteiger partial charge on any atom is 0.251 e. The summed E-state index contributed by atoms with van der Waals surface area (Å²) in [5.41, 5.74) is 0.0610. The van der Waals surface area contributed by atoms with Crippen LogP contribution in [0.15, 0.2) is 23.1 Å². The Morgan fingerprint density at radius 2 is 2.41 bits per heavy atom. The van der Waals surface area contributed by atoms with Crippen LogP contribution in [0.1, 0.15) is 16.8 Å². The second-order valence-corrected chi connectivity index (χ2v) is 4.34. The monoisotopic (exact) mass is 302 g/mol. The molecule has 1 atom stereocenters. The van der Waals surface area contributed by atoms with Gasteiger partial charge in [-0.25, -0.2) is 0 Å². The smallest absolute Gasteiger partial charge is 0.251 e. The van der Waals surface area contributed by atoms with E-state index < -0.39 is 0 Å². The third kappa shape index (κ3) is 4.70. The summed E-state index contributed by atoms with van der Waals surface area (Å²) in [5.74, 6) is -0.265. The van der Waals surface area contributed by atoms with Gasteiger partial charge in [0.15, 0.2) is 0 Å². The standard InChI is InChI=1S/C11H15BrN2O3/c1-17-7-9(2-4-12)14-11(16)8-3-5-13-10(15)6-8/h3,5-6,9H,2,4,7H2,1H3,(H,13,15)(H,14,16). The lowest BCUT2D eigenvalue weighted by atomic mass is 10.2. The molecule has 0 aliphatic rings. The first kappa shape index (κ1) is 13.9. The zero-order valence-electron chi connectivity index (χ0n) is 9.53. The average Bonchev–Trinajstić information content (AvgIpc) is 2.29. The van der Waals surface area contributed by atoms with Crippen LogP contribution in [0.5, 0.6) is 0 Å². The van der Waals surface area contributed by atoms with Crippen molar-refractivity contribution in [2.24, 2.45) is 0 Å². The van der Waals surface area contributed by atoms with Crippen molar-refractivity contribution in [1.29, 1.82) is 0 Å². The third-order valence-electron chi connectivity index (χ3n) is 2.20. The zero-order valence-corrected chi connectivity index (χ0v) is 11.1. The predicted octanol–water partition coefficient (Wildman–Crippen LogP) is 0.905. The van der Waals surface area contributed by atoms with Crippen LogP contribution in [-0.4, -0.2) is 36.0 Å². The van der Waals surface area contributed by atoms with E-state index in [-0.39, 0.29) is 17.5 Å². The molecule has 6 heteroatoms. The number of hydrogen-bond donors (Lipinski definition) is 2. The highest BCUT2D eigenvalue weighted by atomic mass is 79.9. The van der Waals surface area contributed by atoms with Crippen molar-refractivity contribution < 1.29 is 9.53 Å². The van der Waals surface area contributed by atoms with Gasteiger partial charge in [0, 0.05) is 30.3 Å². The molecule has 94 valence electrons. The number of carbonyl (C=O) groups excluding carboxylic acids is 1. The van der Waals surface area contributed by atoms with Crippen molar-refractivity contribution in [3.05, 3.63) is 34.2 Å². The number of aromatic amines is 1. The molecule has 1 amide bonds. The number of ether oxygens (including phenoxy) is 1. The Hall–Kier alpha value is -1.14. The largest absolute Gasteiger partial charge is 0.383 e. The number of pyridine rings is 1. The number of alkyl halides is 1. The minimum Gasteiger partial charge on any atom is -0.383 e. The van der Waals surface area contributed by atoms with Crippen LogP contribution < -0.4 is 10.9 Å². The summed E-state index contributed by atoms with van der Waals surface area (Å²) in [7, 11) is 1.58. The van der Waals surface area contributed by atoms with Gasteiger partial charge in [-0.2, -0.15) is 0 Å². The second-order valence-electron chi connectivity index (χ2n) is 3.54. The fraction of sp³-hybridized carbons (Fsp3) is 0.455. The van der Waals surface area contributed by atoms with Crippen molar-refractivity contribution >= 4 is 21.8 Å². The maximum absolute atomic E-state index is 11.8. The third-order valence-corrected chi connectivity index (χ3v) is 2.66. The van der Waals surface area contributed by atoms with Crippen LogP contribution >= 0.6 is 15.9 Å². The Morgan fingerprint density at radius 3 is 3.00 bits per heavy atom. The summed E-state index contributed by atoms with van der Waals surface area (Å²) in [4.78, 5) is 25.3. The number of carbonyl (C=O) groups is 1. The number of aromatic nitrogens is 1. The van der Waals surface area contributed by atoms with E-state index in [1.54, 1.807) is 13.2 Å². The van der Waals surface area contributed by atoms with Gasteiger partial charge in [-0.3, -0.25) is 9.59 Å². The minimum absolute atomic E-state index is 0.0637. The molecule has 2 N–H and O–H groups in total. The molecule has 0 radical (unpaired) electrons. The van der Waals surface area contributed by atoms with Gasteiger partial charge in [0.1, 0.15) is 0 Å². The van der Waals surface area contributed by atoms with Crippen molar-refractivity contribution in [3.8, 4) is 0 Å². The van der Waals surface area contributed by atoms with Gasteiger partial charge in [-0.15, -0.1) is 0 Å². The van der Waals surface area contributed by atoms with Crippen molar-refractivity contribution in [1.82, 2.24) is 10.3 Å². The molecule has 0 saturated carbocycles. The van der Waals surface area contributed by atoms with E-state index in [1.165, 1.54) is 12.3 Å². The van der Waals surface area contributed by atoms with Crippen LogP contribution in [0.2, 0.25) is 0 Å². The molecular formula is C11H15BrN2O3. The van der Waals surface area contributed by atoms with Gasteiger partial charge < -0.3 is 15.0 Å². The molecule has 0 spiro atoms. The van der Waals surface area contributed by atoms with E-state index >= 15 is 0 Å². The predicted molar refractivity (Wildman–Crippen MR) is 68.6 cm³/mol. The normalized spacial score (nSPS) is 12.1. The van der Waals surface area contributed by atoms with Crippen LogP contribution in [0.3, 0.4) is 0 Å². The Labute approximate surface area is 108 Å². The highest BCUT2D eigenvalue weighted by molar-refractivity contribution is 9.09. The molecule has 0 aliphatic heterocycles. The molecule has 5 nitrogen and oxygen atoms in total. The van der Waals surface area contributed by atoms with Gasteiger partial charge in [-0.1, -0.05) is 15.9 Å². The lowest BCUT2D eigenvalue weighted by molar-refractivity contribution is 0.0895.